The van der Waals surface area contributed by atoms with E-state index >= 15 is 0 Å². The molecule has 168 valence electrons. The first-order chi connectivity index (χ1) is 15.4. The quantitative estimate of drug-likeness (QED) is 0.291. The Kier molecular flexibility index (Phi) is 8.39. The van der Waals surface area contributed by atoms with Gasteiger partial charge >= 0.3 is 5.97 Å². The second-order valence-electron chi connectivity index (χ2n) is 6.31. The summed E-state index contributed by atoms with van der Waals surface area (Å²) in [6.45, 7) is 1.80. The summed E-state index contributed by atoms with van der Waals surface area (Å²) in [4.78, 5) is 29.0. The van der Waals surface area contributed by atoms with Crippen LogP contribution in [0.4, 0.5) is 5.69 Å². The third-order valence-electron chi connectivity index (χ3n) is 4.14. The summed E-state index contributed by atoms with van der Waals surface area (Å²) < 4.78 is 21.7. The molecule has 1 aliphatic heterocycles. The molecule has 0 unspecified atom stereocenters. The normalized spacial score (nSPS) is 15.6. The summed E-state index contributed by atoms with van der Waals surface area (Å²) >= 11 is 3.34. The van der Waals surface area contributed by atoms with Crippen molar-refractivity contribution in [2.24, 2.45) is 4.99 Å². The number of amides is 1. The number of nitrogens with zero attached hydrogens (tertiary/aromatic N) is 1. The maximum absolute atomic E-state index is 12.4. The molecule has 0 atom stereocenters. The molecule has 2 aromatic rings. The highest BCUT2D eigenvalue weighted by Gasteiger charge is 2.24. The van der Waals surface area contributed by atoms with Gasteiger partial charge in [-0.3, -0.25) is 4.79 Å². The van der Waals surface area contributed by atoms with Gasteiger partial charge in [0.25, 0.3) is 5.91 Å². The molecule has 0 radical (unpaired) electrons. The van der Waals surface area contributed by atoms with Crippen LogP contribution >= 0.6 is 34.4 Å². The van der Waals surface area contributed by atoms with Gasteiger partial charge in [-0.1, -0.05) is 0 Å². The Morgan fingerprint density at radius 1 is 1.19 bits per heavy atom. The van der Waals surface area contributed by atoms with E-state index in [-0.39, 0.29) is 19.1 Å². The molecule has 0 aliphatic carbocycles. The average Bonchev–Trinajstić information content (AvgIpc) is 3.11. The van der Waals surface area contributed by atoms with Crippen LogP contribution in [-0.4, -0.2) is 44.5 Å². The molecular formula is C22H21IN2O6S. The number of rotatable bonds is 8. The summed E-state index contributed by atoms with van der Waals surface area (Å²) in [5.41, 5.74) is 1.45. The number of hydrogen-bond acceptors (Lipinski definition) is 8. The minimum absolute atomic E-state index is 0.218. The standard InChI is InChI=1S/C22H21IN2O6S/c1-4-30-19(26)12-31-20-16(23)9-13(10-17(20)29-3)11-18-21(27)25-22(32-18)24-14-5-7-15(28-2)8-6-14/h5-11H,4,12H2,1-3H3,(H,24,25,27)/b18-11+. The van der Waals surface area contributed by atoms with Crippen LogP contribution in [0.15, 0.2) is 46.3 Å². The Morgan fingerprint density at radius 3 is 2.59 bits per heavy atom. The molecule has 1 N–H and O–H groups in total. The van der Waals surface area contributed by atoms with E-state index in [0.717, 1.165) is 14.9 Å². The first-order valence-corrected chi connectivity index (χ1v) is 11.4. The molecule has 32 heavy (non-hydrogen) atoms. The molecule has 8 nitrogen and oxygen atoms in total. The number of halogens is 1. The Morgan fingerprint density at radius 2 is 1.94 bits per heavy atom. The largest absolute Gasteiger partial charge is 0.497 e. The van der Waals surface area contributed by atoms with Gasteiger partial charge in [0.05, 0.1) is 35.0 Å². The number of amidine groups is 1. The molecule has 0 bridgehead atoms. The fourth-order valence-electron chi connectivity index (χ4n) is 2.70. The van der Waals surface area contributed by atoms with Gasteiger partial charge in [0, 0.05) is 0 Å². The number of hydrogen-bond donors (Lipinski definition) is 1. The number of aliphatic imine (C=N–C) groups is 1. The minimum atomic E-state index is -0.459. The van der Waals surface area contributed by atoms with Crippen molar-refractivity contribution in [3.05, 3.63) is 50.4 Å². The van der Waals surface area contributed by atoms with Crippen LogP contribution in [0.3, 0.4) is 0 Å². The van der Waals surface area contributed by atoms with Crippen molar-refractivity contribution in [2.75, 3.05) is 27.4 Å². The molecule has 10 heteroatoms. The molecule has 0 aromatic heterocycles. The number of benzene rings is 2. The van der Waals surface area contributed by atoms with Gasteiger partial charge < -0.3 is 24.3 Å². The molecule has 1 saturated heterocycles. The van der Waals surface area contributed by atoms with Crippen molar-refractivity contribution in [3.8, 4) is 17.2 Å². The summed E-state index contributed by atoms with van der Waals surface area (Å²) in [5, 5.41) is 3.25. The number of ether oxygens (including phenoxy) is 4. The van der Waals surface area contributed by atoms with Crippen molar-refractivity contribution < 1.29 is 28.5 Å². The lowest BCUT2D eigenvalue weighted by Crippen LogP contribution is -2.19. The SMILES string of the molecule is CCOC(=O)COc1c(I)cc(/C=C2/SC(=Nc3ccc(OC)cc3)NC2=O)cc1OC. The fraction of sp³-hybridized carbons (Fsp3) is 0.227. The second kappa shape index (κ2) is 11.2. The molecule has 1 fully saturated rings. The van der Waals surface area contributed by atoms with E-state index in [1.165, 1.54) is 18.9 Å². The maximum Gasteiger partial charge on any atom is 0.344 e. The Bertz CT molecular complexity index is 1070. The van der Waals surface area contributed by atoms with Crippen LogP contribution in [-0.2, 0) is 14.3 Å². The van der Waals surface area contributed by atoms with Crippen molar-refractivity contribution in [1.29, 1.82) is 0 Å². The van der Waals surface area contributed by atoms with Crippen LogP contribution in [0.1, 0.15) is 12.5 Å². The van der Waals surface area contributed by atoms with Gasteiger partial charge in [0.1, 0.15) is 5.75 Å². The lowest BCUT2D eigenvalue weighted by atomic mass is 10.2. The first kappa shape index (κ1) is 23.9. The zero-order valence-corrected chi connectivity index (χ0v) is 20.6. The molecule has 1 amide bonds. The van der Waals surface area contributed by atoms with Crippen LogP contribution < -0.4 is 19.5 Å². The number of esters is 1. The smallest absolute Gasteiger partial charge is 0.344 e. The zero-order chi connectivity index (χ0) is 23.1. The molecule has 3 rings (SSSR count). The summed E-state index contributed by atoms with van der Waals surface area (Å²) in [7, 11) is 3.11. The summed E-state index contributed by atoms with van der Waals surface area (Å²) in [6.07, 6.45) is 1.75. The van der Waals surface area contributed by atoms with Gasteiger partial charge in [-0.2, -0.15) is 0 Å². The minimum Gasteiger partial charge on any atom is -0.497 e. The molecule has 0 spiro atoms. The van der Waals surface area contributed by atoms with Crippen LogP contribution in [0, 0.1) is 3.57 Å². The van der Waals surface area contributed by atoms with E-state index in [0.29, 0.717) is 27.3 Å². The van der Waals surface area contributed by atoms with Gasteiger partial charge in [-0.05, 0) is 89.3 Å². The van der Waals surface area contributed by atoms with Gasteiger partial charge in [-0.15, -0.1) is 0 Å². The van der Waals surface area contributed by atoms with E-state index in [1.54, 1.807) is 38.3 Å². The second-order valence-corrected chi connectivity index (χ2v) is 8.50. The predicted octanol–water partition coefficient (Wildman–Crippen LogP) is 4.14. The number of methoxy groups -OCH3 is 2. The van der Waals surface area contributed by atoms with E-state index in [9.17, 15) is 9.59 Å². The lowest BCUT2D eigenvalue weighted by molar-refractivity contribution is -0.145. The highest BCUT2D eigenvalue weighted by atomic mass is 127. The third-order valence-corrected chi connectivity index (χ3v) is 5.85. The van der Waals surface area contributed by atoms with Gasteiger partial charge in [0.2, 0.25) is 0 Å². The van der Waals surface area contributed by atoms with Crippen LogP contribution in [0.25, 0.3) is 6.08 Å². The molecular weight excluding hydrogens is 547 g/mol. The van der Waals surface area contributed by atoms with Crippen LogP contribution in [0.5, 0.6) is 17.2 Å². The van der Waals surface area contributed by atoms with E-state index in [4.69, 9.17) is 18.9 Å². The van der Waals surface area contributed by atoms with Crippen molar-refractivity contribution in [3.63, 3.8) is 0 Å². The number of carbonyl (C=O) groups excluding carboxylic acids is 2. The molecule has 1 aliphatic rings. The van der Waals surface area contributed by atoms with E-state index < -0.39 is 5.97 Å². The molecule has 0 saturated carbocycles. The highest BCUT2D eigenvalue weighted by molar-refractivity contribution is 14.1. The topological polar surface area (TPSA) is 95.5 Å². The van der Waals surface area contributed by atoms with Gasteiger partial charge in [0.15, 0.2) is 23.3 Å². The zero-order valence-electron chi connectivity index (χ0n) is 17.6. The van der Waals surface area contributed by atoms with E-state index in [1.807, 2.05) is 18.2 Å². The predicted molar refractivity (Wildman–Crippen MR) is 132 cm³/mol. The number of thioether (sulfide) groups is 1. The van der Waals surface area contributed by atoms with Crippen molar-refractivity contribution >= 4 is 63.2 Å². The molecule has 2 aromatic carbocycles. The number of nitrogens with one attached hydrogen (secondary N) is 1. The monoisotopic (exact) mass is 568 g/mol. The van der Waals surface area contributed by atoms with Crippen molar-refractivity contribution in [2.45, 2.75) is 6.92 Å². The van der Waals surface area contributed by atoms with Gasteiger partial charge in [-0.25, -0.2) is 9.79 Å². The molecule has 1 heterocycles. The summed E-state index contributed by atoms with van der Waals surface area (Å²) in [5.74, 6) is 0.922. The average molecular weight is 568 g/mol. The first-order valence-electron chi connectivity index (χ1n) is 9.53. The fourth-order valence-corrected chi connectivity index (χ4v) is 4.33. The Balaban J connectivity index is 1.78. The van der Waals surface area contributed by atoms with E-state index in [2.05, 4.69) is 32.9 Å². The van der Waals surface area contributed by atoms with Crippen LogP contribution in [0.2, 0.25) is 0 Å². The summed E-state index contributed by atoms with van der Waals surface area (Å²) in [6, 6.07) is 10.8. The third kappa shape index (κ3) is 6.16. The Labute approximate surface area is 203 Å². The Hall–Kier alpha value is -2.73. The van der Waals surface area contributed by atoms with Crippen molar-refractivity contribution in [1.82, 2.24) is 5.32 Å². The highest BCUT2D eigenvalue weighted by Crippen LogP contribution is 2.36. The lowest BCUT2D eigenvalue weighted by Gasteiger charge is -2.13. The maximum atomic E-state index is 12.4. The number of carbonyl (C=O) groups is 2.